The molecule has 0 saturated carbocycles. The molecule has 0 bridgehead atoms. The Morgan fingerprint density at radius 3 is 2.80 bits per heavy atom. The van der Waals surface area contributed by atoms with E-state index in [1.54, 1.807) is 12.3 Å². The fourth-order valence-corrected chi connectivity index (χ4v) is 2.83. The van der Waals surface area contributed by atoms with Gasteiger partial charge in [-0.2, -0.15) is 9.78 Å². The van der Waals surface area contributed by atoms with Gasteiger partial charge in [-0.15, -0.1) is 0 Å². The molecule has 0 radical (unpaired) electrons. The fraction of sp³-hybridized carbons (Fsp3) is 0.278. The highest BCUT2D eigenvalue weighted by atomic mass is 79.9. The molecule has 7 heteroatoms. The quantitative estimate of drug-likeness (QED) is 0.610. The van der Waals surface area contributed by atoms with Crippen molar-refractivity contribution >= 4 is 38.9 Å². The minimum Gasteiger partial charge on any atom is -0.440 e. The largest absolute Gasteiger partial charge is 0.440 e. The molecular weight excluding hydrogens is 384 g/mol. The summed E-state index contributed by atoms with van der Waals surface area (Å²) in [4.78, 5) is 19.3. The number of fused-ring (bicyclic) bond motifs is 1. The number of hydrogen-bond acceptors (Lipinski definition) is 5. The number of aromatic nitrogens is 2. The summed E-state index contributed by atoms with van der Waals surface area (Å²) in [5.41, 5.74) is 0.487. The van der Waals surface area contributed by atoms with Crippen LogP contribution in [0.4, 0.5) is 5.88 Å². The summed E-state index contributed by atoms with van der Waals surface area (Å²) >= 11 is 3.40. The number of hydrogen-bond donors (Lipinski definition) is 0. The third kappa shape index (κ3) is 3.66. The first-order chi connectivity index (χ1) is 12.0. The second kappa shape index (κ2) is 7.23. The van der Waals surface area contributed by atoms with Gasteiger partial charge in [-0.25, -0.2) is 4.98 Å². The van der Waals surface area contributed by atoms with Gasteiger partial charge < -0.3 is 9.32 Å². The molecule has 0 saturated heterocycles. The van der Waals surface area contributed by atoms with E-state index in [4.69, 9.17) is 4.42 Å². The van der Waals surface area contributed by atoms with Crippen molar-refractivity contribution < 1.29 is 4.42 Å². The maximum atomic E-state index is 12.9. The first kappa shape index (κ1) is 17.4. The zero-order valence-corrected chi connectivity index (χ0v) is 15.9. The van der Waals surface area contributed by atoms with Crippen LogP contribution in [-0.4, -0.2) is 30.0 Å². The van der Waals surface area contributed by atoms with Crippen LogP contribution in [0.2, 0.25) is 0 Å². The summed E-state index contributed by atoms with van der Waals surface area (Å²) in [7, 11) is 3.80. The van der Waals surface area contributed by atoms with Crippen molar-refractivity contribution in [1.82, 2.24) is 9.66 Å². The Morgan fingerprint density at radius 2 is 2.12 bits per heavy atom. The van der Waals surface area contributed by atoms with Crippen LogP contribution in [0.15, 0.2) is 49.1 Å². The van der Waals surface area contributed by atoms with E-state index in [9.17, 15) is 4.79 Å². The number of benzene rings is 1. The van der Waals surface area contributed by atoms with Gasteiger partial charge in [0.15, 0.2) is 5.88 Å². The molecule has 0 aliphatic rings. The van der Waals surface area contributed by atoms with Crippen LogP contribution < -0.4 is 10.5 Å². The summed E-state index contributed by atoms with van der Waals surface area (Å²) < 4.78 is 7.84. The van der Waals surface area contributed by atoms with E-state index in [0.29, 0.717) is 28.9 Å². The van der Waals surface area contributed by atoms with E-state index in [1.165, 1.54) is 4.68 Å². The molecule has 1 aromatic carbocycles. The second-order valence-corrected chi connectivity index (χ2v) is 6.79. The van der Waals surface area contributed by atoms with Crippen molar-refractivity contribution in [1.29, 1.82) is 0 Å². The highest BCUT2D eigenvalue weighted by Gasteiger charge is 2.11. The third-order valence-corrected chi connectivity index (χ3v) is 4.20. The maximum Gasteiger partial charge on any atom is 0.282 e. The average Bonchev–Trinajstić information content (AvgIpc) is 3.05. The summed E-state index contributed by atoms with van der Waals surface area (Å²) in [6.45, 7) is 2.04. The Labute approximate surface area is 153 Å². The van der Waals surface area contributed by atoms with Crippen LogP contribution in [0.25, 0.3) is 10.9 Å². The van der Waals surface area contributed by atoms with Crippen molar-refractivity contribution in [3.63, 3.8) is 0 Å². The number of aryl methyl sites for hydroxylation is 1. The Morgan fingerprint density at radius 1 is 1.32 bits per heavy atom. The van der Waals surface area contributed by atoms with Gasteiger partial charge in [-0.05, 0) is 30.7 Å². The minimum absolute atomic E-state index is 0.189. The first-order valence-corrected chi connectivity index (χ1v) is 8.81. The van der Waals surface area contributed by atoms with Crippen LogP contribution >= 0.6 is 15.9 Å². The lowest BCUT2D eigenvalue weighted by Gasteiger charge is -2.08. The molecule has 3 aromatic rings. The maximum absolute atomic E-state index is 12.9. The molecule has 3 rings (SSSR count). The standard InChI is InChI=1S/C18H19BrN4O2/c1-4-5-16-21-15-8-6-12(19)10-14(15)18(24)23(16)20-11-13-7-9-17(25-13)22(2)3/h6-11H,4-5H2,1-3H3. The van der Waals surface area contributed by atoms with Gasteiger partial charge in [0, 0.05) is 31.1 Å². The first-order valence-electron chi connectivity index (χ1n) is 8.02. The monoisotopic (exact) mass is 402 g/mol. The van der Waals surface area contributed by atoms with E-state index in [-0.39, 0.29) is 5.56 Å². The van der Waals surface area contributed by atoms with Gasteiger partial charge in [0.05, 0.1) is 17.1 Å². The summed E-state index contributed by atoms with van der Waals surface area (Å²) in [5, 5.41) is 4.86. The molecule has 6 nitrogen and oxygen atoms in total. The van der Waals surface area contributed by atoms with E-state index < -0.39 is 0 Å². The lowest BCUT2D eigenvalue weighted by Crippen LogP contribution is -2.22. The van der Waals surface area contributed by atoms with Crippen molar-refractivity contribution in [2.75, 3.05) is 19.0 Å². The lowest BCUT2D eigenvalue weighted by molar-refractivity contribution is 0.557. The average molecular weight is 403 g/mol. The Kier molecular flexibility index (Phi) is 5.03. The predicted octanol–water partition coefficient (Wildman–Crippen LogP) is 3.65. The molecule has 0 aliphatic carbocycles. The van der Waals surface area contributed by atoms with Crippen LogP contribution in [0.3, 0.4) is 0 Å². The van der Waals surface area contributed by atoms with Crippen LogP contribution in [-0.2, 0) is 6.42 Å². The Balaban J connectivity index is 2.09. The molecule has 0 atom stereocenters. The number of halogens is 1. The van der Waals surface area contributed by atoms with E-state index in [1.807, 2.05) is 50.2 Å². The molecular formula is C18H19BrN4O2. The normalized spacial score (nSPS) is 11.5. The molecule has 0 amide bonds. The second-order valence-electron chi connectivity index (χ2n) is 5.87. The molecule has 0 unspecified atom stereocenters. The van der Waals surface area contributed by atoms with Gasteiger partial charge in [-0.3, -0.25) is 4.79 Å². The van der Waals surface area contributed by atoms with Gasteiger partial charge in [0.1, 0.15) is 11.6 Å². The summed E-state index contributed by atoms with van der Waals surface area (Å²) in [6, 6.07) is 9.15. The molecule has 0 aliphatic heterocycles. The van der Waals surface area contributed by atoms with Gasteiger partial charge in [-0.1, -0.05) is 22.9 Å². The minimum atomic E-state index is -0.189. The highest BCUT2D eigenvalue weighted by Crippen LogP contribution is 2.17. The lowest BCUT2D eigenvalue weighted by atomic mass is 10.2. The third-order valence-electron chi connectivity index (χ3n) is 3.70. The summed E-state index contributed by atoms with van der Waals surface area (Å²) in [5.74, 6) is 1.94. The molecule has 0 fully saturated rings. The molecule has 130 valence electrons. The smallest absolute Gasteiger partial charge is 0.282 e. The van der Waals surface area contributed by atoms with Crippen LogP contribution in [0, 0.1) is 0 Å². The Hall–Kier alpha value is -2.41. The van der Waals surface area contributed by atoms with Crippen molar-refractivity contribution in [2.45, 2.75) is 19.8 Å². The zero-order chi connectivity index (χ0) is 18.0. The molecule has 0 spiro atoms. The van der Waals surface area contributed by atoms with E-state index in [2.05, 4.69) is 26.0 Å². The van der Waals surface area contributed by atoms with E-state index >= 15 is 0 Å². The van der Waals surface area contributed by atoms with Crippen molar-refractivity contribution in [3.05, 3.63) is 56.7 Å². The number of rotatable bonds is 5. The Bertz CT molecular complexity index is 988. The van der Waals surface area contributed by atoms with E-state index in [0.717, 1.165) is 16.8 Å². The molecule has 0 N–H and O–H groups in total. The predicted molar refractivity (Wildman–Crippen MR) is 104 cm³/mol. The summed E-state index contributed by atoms with van der Waals surface area (Å²) in [6.07, 6.45) is 3.08. The van der Waals surface area contributed by atoms with Gasteiger partial charge in [0.2, 0.25) is 0 Å². The van der Waals surface area contributed by atoms with Crippen molar-refractivity contribution in [2.24, 2.45) is 5.10 Å². The van der Waals surface area contributed by atoms with Crippen molar-refractivity contribution in [3.8, 4) is 0 Å². The number of furan rings is 1. The number of anilines is 1. The van der Waals surface area contributed by atoms with Gasteiger partial charge >= 0.3 is 0 Å². The fourth-order valence-electron chi connectivity index (χ4n) is 2.47. The molecule has 2 heterocycles. The SMILES string of the molecule is CCCc1nc2ccc(Br)cc2c(=O)n1N=Cc1ccc(N(C)C)o1. The van der Waals surface area contributed by atoms with Gasteiger partial charge in [0.25, 0.3) is 5.56 Å². The molecule has 2 aromatic heterocycles. The van der Waals surface area contributed by atoms with Crippen LogP contribution in [0.5, 0.6) is 0 Å². The number of nitrogens with zero attached hydrogens (tertiary/aromatic N) is 4. The highest BCUT2D eigenvalue weighted by molar-refractivity contribution is 9.10. The van der Waals surface area contributed by atoms with Crippen LogP contribution in [0.1, 0.15) is 24.9 Å². The zero-order valence-electron chi connectivity index (χ0n) is 14.4. The topological polar surface area (TPSA) is 63.6 Å². The molecule has 25 heavy (non-hydrogen) atoms.